The van der Waals surface area contributed by atoms with Crippen molar-refractivity contribution in [3.05, 3.63) is 63.9 Å². The molecule has 0 saturated carbocycles. The Bertz CT molecular complexity index is 1130. The molecule has 6 nitrogen and oxygen atoms in total. The van der Waals surface area contributed by atoms with Crippen molar-refractivity contribution in [2.45, 2.75) is 19.4 Å². The minimum absolute atomic E-state index is 0.0754. The Hall–Kier alpha value is -2.90. The normalized spacial score (nSPS) is 15.6. The average molecular weight is 433 g/mol. The molecule has 4 rings (SSSR count). The zero-order chi connectivity index (χ0) is 20.7. The van der Waals surface area contributed by atoms with Crippen LogP contribution in [0.2, 0.25) is 10.0 Å². The first-order valence-electron chi connectivity index (χ1n) is 8.74. The van der Waals surface area contributed by atoms with Crippen LogP contribution in [0, 0.1) is 12.7 Å². The third kappa shape index (κ3) is 3.71. The van der Waals surface area contributed by atoms with Gasteiger partial charge in [-0.2, -0.15) is 5.10 Å². The van der Waals surface area contributed by atoms with E-state index in [2.05, 4.69) is 15.7 Å². The van der Waals surface area contributed by atoms with Crippen LogP contribution in [-0.4, -0.2) is 21.6 Å². The molecular weight excluding hydrogens is 418 g/mol. The molecule has 0 spiro atoms. The first kappa shape index (κ1) is 19.4. The maximum atomic E-state index is 13.3. The summed E-state index contributed by atoms with van der Waals surface area (Å²) in [6, 6.07) is 9.71. The Morgan fingerprint density at radius 2 is 1.97 bits per heavy atom. The summed E-state index contributed by atoms with van der Waals surface area (Å²) in [5.74, 6) is -0.657. The summed E-state index contributed by atoms with van der Waals surface area (Å²) in [5.41, 5.74) is 2.31. The summed E-state index contributed by atoms with van der Waals surface area (Å²) < 4.78 is 14.7. The second kappa shape index (κ2) is 7.50. The predicted molar refractivity (Wildman–Crippen MR) is 110 cm³/mol. The minimum Gasteiger partial charge on any atom is -0.323 e. The Morgan fingerprint density at radius 3 is 2.66 bits per heavy atom. The zero-order valence-corrected chi connectivity index (χ0v) is 16.7. The Balaban J connectivity index is 1.70. The number of nitrogens with one attached hydrogen (secondary N) is 2. The fourth-order valence-electron chi connectivity index (χ4n) is 3.23. The summed E-state index contributed by atoms with van der Waals surface area (Å²) in [4.78, 5) is 25.1. The van der Waals surface area contributed by atoms with Crippen molar-refractivity contribution < 1.29 is 14.0 Å². The number of benzene rings is 2. The molecule has 0 aliphatic carbocycles. The van der Waals surface area contributed by atoms with E-state index in [1.807, 2.05) is 0 Å². The Kier molecular flexibility index (Phi) is 5.02. The van der Waals surface area contributed by atoms with E-state index in [1.54, 1.807) is 31.2 Å². The van der Waals surface area contributed by atoms with E-state index in [0.717, 1.165) is 0 Å². The van der Waals surface area contributed by atoms with Gasteiger partial charge in [-0.25, -0.2) is 9.07 Å². The van der Waals surface area contributed by atoms with Crippen LogP contribution in [0.1, 0.15) is 18.0 Å². The SMILES string of the molecule is Cc1c(-c2ccc(F)cc2)nn2c1NC(=O)CC2C(=O)Nc1ccc(Cl)cc1Cl. The van der Waals surface area contributed by atoms with Crippen LogP contribution in [0.3, 0.4) is 0 Å². The molecule has 2 amide bonds. The van der Waals surface area contributed by atoms with Crippen molar-refractivity contribution in [3.63, 3.8) is 0 Å². The first-order chi connectivity index (χ1) is 13.8. The number of carbonyl (C=O) groups excluding carboxylic acids is 2. The van der Waals surface area contributed by atoms with E-state index in [4.69, 9.17) is 23.2 Å². The van der Waals surface area contributed by atoms with Gasteiger partial charge in [0.25, 0.3) is 0 Å². The van der Waals surface area contributed by atoms with Crippen LogP contribution < -0.4 is 10.6 Å². The van der Waals surface area contributed by atoms with Gasteiger partial charge in [0.05, 0.1) is 22.8 Å². The van der Waals surface area contributed by atoms with Gasteiger partial charge in [0.15, 0.2) is 0 Å². The standard InChI is InChI=1S/C20H15Cl2FN4O2/c1-10-18(11-2-5-13(23)6-3-11)26-27-16(9-17(28)25-19(10)27)20(29)24-15-7-4-12(21)8-14(15)22/h2-8,16H,9H2,1H3,(H,24,29)(H,25,28). The van der Waals surface area contributed by atoms with Crippen molar-refractivity contribution in [2.75, 3.05) is 10.6 Å². The summed E-state index contributed by atoms with van der Waals surface area (Å²) in [6.07, 6.45) is -0.0754. The second-order valence-electron chi connectivity index (χ2n) is 6.66. The summed E-state index contributed by atoms with van der Waals surface area (Å²) in [6.45, 7) is 1.79. The average Bonchev–Trinajstić information content (AvgIpc) is 3.00. The third-order valence-electron chi connectivity index (χ3n) is 4.69. The van der Waals surface area contributed by atoms with Crippen molar-refractivity contribution >= 4 is 46.5 Å². The minimum atomic E-state index is -0.863. The lowest BCUT2D eigenvalue weighted by Crippen LogP contribution is -2.36. The summed E-state index contributed by atoms with van der Waals surface area (Å²) in [5, 5.41) is 10.7. The van der Waals surface area contributed by atoms with Gasteiger partial charge in [-0.15, -0.1) is 0 Å². The molecule has 1 aliphatic heterocycles. The second-order valence-corrected chi connectivity index (χ2v) is 7.50. The fraction of sp³-hybridized carbons (Fsp3) is 0.150. The number of rotatable bonds is 3. The van der Waals surface area contributed by atoms with Gasteiger partial charge in [0.2, 0.25) is 11.8 Å². The highest BCUT2D eigenvalue weighted by Crippen LogP contribution is 2.35. The van der Waals surface area contributed by atoms with Crippen molar-refractivity contribution in [1.29, 1.82) is 0 Å². The highest BCUT2D eigenvalue weighted by molar-refractivity contribution is 6.36. The van der Waals surface area contributed by atoms with E-state index in [-0.39, 0.29) is 23.2 Å². The first-order valence-corrected chi connectivity index (χ1v) is 9.50. The molecule has 0 fully saturated rings. The van der Waals surface area contributed by atoms with Crippen LogP contribution in [0.15, 0.2) is 42.5 Å². The third-order valence-corrected chi connectivity index (χ3v) is 5.24. The van der Waals surface area contributed by atoms with E-state index in [1.165, 1.54) is 22.9 Å². The van der Waals surface area contributed by atoms with Gasteiger partial charge < -0.3 is 10.6 Å². The molecular formula is C20H15Cl2FN4O2. The smallest absolute Gasteiger partial charge is 0.249 e. The molecule has 2 aromatic carbocycles. The molecule has 3 aromatic rings. The van der Waals surface area contributed by atoms with E-state index >= 15 is 0 Å². The molecule has 1 aliphatic rings. The van der Waals surface area contributed by atoms with Gasteiger partial charge in [-0.05, 0) is 49.4 Å². The van der Waals surface area contributed by atoms with Crippen molar-refractivity contribution in [3.8, 4) is 11.3 Å². The van der Waals surface area contributed by atoms with Crippen LogP contribution in [0.5, 0.6) is 0 Å². The molecule has 9 heteroatoms. The summed E-state index contributed by atoms with van der Waals surface area (Å²) in [7, 11) is 0. The van der Waals surface area contributed by atoms with Gasteiger partial charge in [-0.3, -0.25) is 9.59 Å². The maximum absolute atomic E-state index is 13.3. The van der Waals surface area contributed by atoms with Crippen LogP contribution in [-0.2, 0) is 9.59 Å². The maximum Gasteiger partial charge on any atom is 0.249 e. The number of amides is 2. The highest BCUT2D eigenvalue weighted by Gasteiger charge is 2.34. The van der Waals surface area contributed by atoms with E-state index < -0.39 is 11.9 Å². The fourth-order valence-corrected chi connectivity index (χ4v) is 3.69. The Labute approximate surface area is 175 Å². The van der Waals surface area contributed by atoms with Gasteiger partial charge in [-0.1, -0.05) is 23.2 Å². The van der Waals surface area contributed by atoms with Crippen LogP contribution >= 0.6 is 23.2 Å². The van der Waals surface area contributed by atoms with Crippen molar-refractivity contribution in [1.82, 2.24) is 9.78 Å². The Morgan fingerprint density at radius 1 is 1.24 bits per heavy atom. The number of carbonyl (C=O) groups is 2. The van der Waals surface area contributed by atoms with Gasteiger partial charge in [0.1, 0.15) is 17.7 Å². The van der Waals surface area contributed by atoms with Gasteiger partial charge >= 0.3 is 0 Å². The number of hydrogen-bond acceptors (Lipinski definition) is 3. The number of nitrogens with zero attached hydrogens (tertiary/aromatic N) is 2. The van der Waals surface area contributed by atoms with Gasteiger partial charge in [0, 0.05) is 16.1 Å². The lowest BCUT2D eigenvalue weighted by Gasteiger charge is -2.24. The zero-order valence-electron chi connectivity index (χ0n) is 15.2. The molecule has 148 valence electrons. The van der Waals surface area contributed by atoms with Crippen LogP contribution in [0.4, 0.5) is 15.9 Å². The topological polar surface area (TPSA) is 76.0 Å². The highest BCUT2D eigenvalue weighted by atomic mass is 35.5. The number of anilines is 2. The van der Waals surface area contributed by atoms with Crippen LogP contribution in [0.25, 0.3) is 11.3 Å². The number of fused-ring (bicyclic) bond motifs is 1. The predicted octanol–water partition coefficient (Wildman–Crippen LogP) is 4.83. The number of halogens is 3. The monoisotopic (exact) mass is 432 g/mol. The molecule has 0 bridgehead atoms. The molecule has 1 atom stereocenters. The molecule has 1 unspecified atom stereocenters. The summed E-state index contributed by atoms with van der Waals surface area (Å²) >= 11 is 12.0. The lowest BCUT2D eigenvalue weighted by atomic mass is 10.1. The largest absolute Gasteiger partial charge is 0.323 e. The van der Waals surface area contributed by atoms with E-state index in [9.17, 15) is 14.0 Å². The lowest BCUT2D eigenvalue weighted by molar-refractivity contribution is -0.125. The molecule has 2 N–H and O–H groups in total. The molecule has 0 radical (unpaired) electrons. The quantitative estimate of drug-likeness (QED) is 0.622. The van der Waals surface area contributed by atoms with Crippen molar-refractivity contribution in [2.24, 2.45) is 0 Å². The number of aromatic nitrogens is 2. The van der Waals surface area contributed by atoms with E-state index in [0.29, 0.717) is 33.3 Å². The molecule has 1 aromatic heterocycles. The molecule has 0 saturated heterocycles. The molecule has 2 heterocycles. The molecule has 29 heavy (non-hydrogen) atoms. The number of hydrogen-bond donors (Lipinski definition) is 2.